The van der Waals surface area contributed by atoms with Gasteiger partial charge >= 0.3 is 0 Å². The zero-order valence-electron chi connectivity index (χ0n) is 9.62. The van der Waals surface area contributed by atoms with Crippen LogP contribution in [0.5, 0.6) is 0 Å². The molecular weight excluding hydrogens is 319 g/mol. The first kappa shape index (κ1) is 13.5. The second-order valence-electron chi connectivity index (χ2n) is 4.11. The van der Waals surface area contributed by atoms with Crippen LogP contribution in [0.25, 0.3) is 0 Å². The molecule has 1 N–H and O–H groups in total. The van der Waals surface area contributed by atoms with E-state index in [9.17, 15) is 9.50 Å². The minimum Gasteiger partial charge on any atom is -0.384 e. The van der Waals surface area contributed by atoms with Gasteiger partial charge in [-0.2, -0.15) is 0 Å². The number of rotatable bonds is 2. The summed E-state index contributed by atoms with van der Waals surface area (Å²) in [5.74, 6) is -0.279. The highest BCUT2D eigenvalue weighted by atomic mass is 79.9. The van der Waals surface area contributed by atoms with Crippen molar-refractivity contribution < 1.29 is 9.50 Å². The minimum absolute atomic E-state index is 0.279. The highest BCUT2D eigenvalue weighted by Gasteiger charge is 2.13. The van der Waals surface area contributed by atoms with Crippen LogP contribution in [0.3, 0.4) is 0 Å². The van der Waals surface area contributed by atoms with Gasteiger partial charge < -0.3 is 5.11 Å². The molecule has 4 heteroatoms. The van der Waals surface area contributed by atoms with E-state index in [0.717, 1.165) is 4.47 Å². The lowest BCUT2D eigenvalue weighted by molar-refractivity contribution is 0.220. The Hall–Kier alpha value is -0.900. The molecule has 2 rings (SSSR count). The quantitative estimate of drug-likeness (QED) is 0.851. The Labute approximate surface area is 118 Å². The SMILES string of the molecule is Cc1cc(C(O)c2cc(Cl)cc(Br)c2)ccc1F. The minimum atomic E-state index is -0.820. The molecule has 0 saturated carbocycles. The molecule has 1 atom stereocenters. The third-order valence-electron chi connectivity index (χ3n) is 2.70. The summed E-state index contributed by atoms with van der Waals surface area (Å²) in [6.07, 6.45) is -0.820. The van der Waals surface area contributed by atoms with Crippen LogP contribution in [0.2, 0.25) is 5.02 Å². The molecule has 0 heterocycles. The Morgan fingerprint density at radius 3 is 2.50 bits per heavy atom. The molecule has 2 aromatic rings. The summed E-state index contributed by atoms with van der Waals surface area (Å²) in [6, 6.07) is 9.78. The molecule has 18 heavy (non-hydrogen) atoms. The number of halogens is 3. The molecule has 0 amide bonds. The van der Waals surface area contributed by atoms with Crippen LogP contribution in [0.15, 0.2) is 40.9 Å². The van der Waals surface area contributed by atoms with Crippen molar-refractivity contribution in [3.63, 3.8) is 0 Å². The Morgan fingerprint density at radius 1 is 1.17 bits per heavy atom. The van der Waals surface area contributed by atoms with Gasteiger partial charge in [0.1, 0.15) is 11.9 Å². The van der Waals surface area contributed by atoms with Crippen molar-refractivity contribution >= 4 is 27.5 Å². The van der Waals surface area contributed by atoms with Gasteiger partial charge in [0.05, 0.1) is 0 Å². The molecule has 0 aliphatic carbocycles. The van der Waals surface area contributed by atoms with Gasteiger partial charge in [0, 0.05) is 9.50 Å². The van der Waals surface area contributed by atoms with Gasteiger partial charge in [0.2, 0.25) is 0 Å². The second-order valence-corrected chi connectivity index (χ2v) is 5.47. The summed E-state index contributed by atoms with van der Waals surface area (Å²) in [6.45, 7) is 1.67. The van der Waals surface area contributed by atoms with Crippen LogP contribution in [-0.4, -0.2) is 5.11 Å². The van der Waals surface area contributed by atoms with Crippen LogP contribution in [0, 0.1) is 12.7 Å². The lowest BCUT2D eigenvalue weighted by Gasteiger charge is -2.13. The van der Waals surface area contributed by atoms with Crippen molar-refractivity contribution in [1.82, 2.24) is 0 Å². The van der Waals surface area contributed by atoms with Crippen molar-refractivity contribution in [3.05, 3.63) is 68.4 Å². The molecule has 94 valence electrons. The number of hydrogen-bond acceptors (Lipinski definition) is 1. The number of aliphatic hydroxyl groups is 1. The maximum absolute atomic E-state index is 13.2. The molecule has 2 aromatic carbocycles. The topological polar surface area (TPSA) is 20.2 Å². The van der Waals surface area contributed by atoms with E-state index in [2.05, 4.69) is 15.9 Å². The standard InChI is InChI=1S/C14H11BrClFO/c1-8-4-9(2-3-13(8)17)14(18)10-5-11(15)7-12(16)6-10/h2-7,14,18H,1H3. The first-order valence-corrected chi connectivity index (χ1v) is 6.54. The van der Waals surface area contributed by atoms with E-state index in [1.807, 2.05) is 0 Å². The Morgan fingerprint density at radius 2 is 1.89 bits per heavy atom. The Balaban J connectivity index is 2.40. The fraction of sp³-hybridized carbons (Fsp3) is 0.143. The van der Waals surface area contributed by atoms with E-state index >= 15 is 0 Å². The largest absolute Gasteiger partial charge is 0.384 e. The van der Waals surface area contributed by atoms with E-state index in [-0.39, 0.29) is 5.82 Å². The number of benzene rings is 2. The predicted octanol–water partition coefficient (Wildman–Crippen LogP) is 4.63. The van der Waals surface area contributed by atoms with Crippen molar-refractivity contribution in [2.45, 2.75) is 13.0 Å². The van der Waals surface area contributed by atoms with E-state index in [1.165, 1.54) is 6.07 Å². The Bertz CT molecular complexity index is 566. The first-order valence-electron chi connectivity index (χ1n) is 5.37. The summed E-state index contributed by atoms with van der Waals surface area (Å²) in [5, 5.41) is 10.8. The van der Waals surface area contributed by atoms with Crippen molar-refractivity contribution in [2.24, 2.45) is 0 Å². The number of hydrogen-bond donors (Lipinski definition) is 1. The molecule has 0 radical (unpaired) electrons. The molecule has 1 unspecified atom stereocenters. The van der Waals surface area contributed by atoms with Gasteiger partial charge in [-0.15, -0.1) is 0 Å². The molecule has 0 aliphatic heterocycles. The lowest BCUT2D eigenvalue weighted by Crippen LogP contribution is -2.01. The fourth-order valence-electron chi connectivity index (χ4n) is 1.76. The smallest absolute Gasteiger partial charge is 0.126 e. The molecule has 1 nitrogen and oxygen atoms in total. The lowest BCUT2D eigenvalue weighted by atomic mass is 10.00. The second kappa shape index (κ2) is 5.39. The van der Waals surface area contributed by atoms with Crippen LogP contribution in [-0.2, 0) is 0 Å². The average molecular weight is 330 g/mol. The molecule has 0 fully saturated rings. The van der Waals surface area contributed by atoms with Gasteiger partial charge in [-0.05, 0) is 47.9 Å². The van der Waals surface area contributed by atoms with Crippen molar-refractivity contribution in [1.29, 1.82) is 0 Å². The number of aryl methyl sites for hydroxylation is 1. The fourth-order valence-corrected chi connectivity index (χ4v) is 2.65. The van der Waals surface area contributed by atoms with Gasteiger partial charge in [-0.1, -0.05) is 39.7 Å². The summed E-state index contributed by atoms with van der Waals surface area (Å²) >= 11 is 9.26. The monoisotopic (exact) mass is 328 g/mol. The molecule has 0 bridgehead atoms. The summed E-state index contributed by atoms with van der Waals surface area (Å²) in [4.78, 5) is 0. The molecule has 0 aliphatic rings. The van der Waals surface area contributed by atoms with Crippen LogP contribution in [0.4, 0.5) is 4.39 Å². The van der Waals surface area contributed by atoms with E-state index in [1.54, 1.807) is 37.3 Å². The number of aliphatic hydroxyl groups excluding tert-OH is 1. The molecule has 0 spiro atoms. The first-order chi connectivity index (χ1) is 8.47. The highest BCUT2D eigenvalue weighted by molar-refractivity contribution is 9.10. The van der Waals surface area contributed by atoms with Gasteiger partial charge in [-0.25, -0.2) is 4.39 Å². The zero-order chi connectivity index (χ0) is 13.3. The third-order valence-corrected chi connectivity index (χ3v) is 3.37. The molecule has 0 saturated heterocycles. The van der Waals surface area contributed by atoms with Gasteiger partial charge in [0.25, 0.3) is 0 Å². The Kier molecular flexibility index (Phi) is 4.05. The molecular formula is C14H11BrClFO. The van der Waals surface area contributed by atoms with E-state index in [0.29, 0.717) is 21.7 Å². The van der Waals surface area contributed by atoms with E-state index in [4.69, 9.17) is 11.6 Å². The highest BCUT2D eigenvalue weighted by Crippen LogP contribution is 2.28. The molecule has 0 aromatic heterocycles. The van der Waals surface area contributed by atoms with Crippen LogP contribution >= 0.6 is 27.5 Å². The zero-order valence-corrected chi connectivity index (χ0v) is 12.0. The summed E-state index contributed by atoms with van der Waals surface area (Å²) in [7, 11) is 0. The van der Waals surface area contributed by atoms with Crippen LogP contribution in [0.1, 0.15) is 22.8 Å². The van der Waals surface area contributed by atoms with E-state index < -0.39 is 6.10 Å². The summed E-state index contributed by atoms with van der Waals surface area (Å²) in [5.41, 5.74) is 1.82. The van der Waals surface area contributed by atoms with Crippen molar-refractivity contribution in [3.8, 4) is 0 Å². The predicted molar refractivity (Wildman–Crippen MR) is 74.4 cm³/mol. The average Bonchev–Trinajstić information content (AvgIpc) is 2.30. The maximum Gasteiger partial charge on any atom is 0.126 e. The third kappa shape index (κ3) is 2.91. The van der Waals surface area contributed by atoms with Crippen LogP contribution < -0.4 is 0 Å². The normalized spacial score (nSPS) is 12.5. The maximum atomic E-state index is 13.2. The van der Waals surface area contributed by atoms with Crippen molar-refractivity contribution in [2.75, 3.05) is 0 Å². The summed E-state index contributed by atoms with van der Waals surface area (Å²) < 4.78 is 14.0. The van der Waals surface area contributed by atoms with Gasteiger partial charge in [0.15, 0.2) is 0 Å². The van der Waals surface area contributed by atoms with Gasteiger partial charge in [-0.3, -0.25) is 0 Å².